The van der Waals surface area contributed by atoms with E-state index in [-0.39, 0.29) is 36.0 Å². The van der Waals surface area contributed by atoms with E-state index in [0.717, 1.165) is 5.56 Å². The van der Waals surface area contributed by atoms with E-state index in [0.29, 0.717) is 18.8 Å². The third-order valence-electron chi connectivity index (χ3n) is 4.82. The number of rotatable bonds is 6. The molecule has 11 heteroatoms. The molecule has 9 nitrogen and oxygen atoms in total. The van der Waals surface area contributed by atoms with Crippen molar-refractivity contribution in [3.05, 3.63) is 36.2 Å². The lowest BCUT2D eigenvalue weighted by Crippen LogP contribution is -2.37. The summed E-state index contributed by atoms with van der Waals surface area (Å²) < 4.78 is 61.4. The normalized spacial score (nSPS) is 17.2. The maximum absolute atomic E-state index is 13.1. The molecule has 0 radical (unpaired) electrons. The van der Waals surface area contributed by atoms with Crippen molar-refractivity contribution < 1.29 is 21.6 Å². The van der Waals surface area contributed by atoms with Gasteiger partial charge in [-0.25, -0.2) is 16.8 Å². The summed E-state index contributed by atoms with van der Waals surface area (Å²) in [5, 5.41) is 3.92. The second-order valence-corrected chi connectivity index (χ2v) is 10.7. The minimum Gasteiger partial charge on any atom is -0.494 e. The van der Waals surface area contributed by atoms with Gasteiger partial charge in [-0.15, -0.1) is 0 Å². The molecule has 0 atom stereocenters. The van der Waals surface area contributed by atoms with Crippen molar-refractivity contribution in [2.75, 3.05) is 32.8 Å². The predicted octanol–water partition coefficient (Wildman–Crippen LogP) is 1.21. The van der Waals surface area contributed by atoms with Gasteiger partial charge in [-0.05, 0) is 44.0 Å². The smallest absolute Gasteiger partial charge is 0.246 e. The first kappa shape index (κ1) is 21.8. The third-order valence-corrected chi connectivity index (χ3v) is 8.56. The fourth-order valence-electron chi connectivity index (χ4n) is 3.28. The fraction of sp³-hybridized carbons (Fsp3) is 0.500. The first-order valence-electron chi connectivity index (χ1n) is 9.38. The highest BCUT2D eigenvalue weighted by atomic mass is 32.2. The lowest BCUT2D eigenvalue weighted by molar-refractivity contribution is 0.337. The Kier molecular flexibility index (Phi) is 6.32. The van der Waals surface area contributed by atoms with Gasteiger partial charge in [0.25, 0.3) is 0 Å². The summed E-state index contributed by atoms with van der Waals surface area (Å²) in [5.41, 5.74) is 0.739. The van der Waals surface area contributed by atoms with E-state index in [4.69, 9.17) is 4.74 Å². The van der Waals surface area contributed by atoms with Crippen molar-refractivity contribution in [1.29, 1.82) is 0 Å². The molecule has 1 aliphatic heterocycles. The van der Waals surface area contributed by atoms with Gasteiger partial charge in [0.05, 0.1) is 17.7 Å². The predicted molar refractivity (Wildman–Crippen MR) is 108 cm³/mol. The standard InChI is InChI=1S/C18H26N4O5S2/c1-4-27-18-7-6-16(12-15(18)2)28(23,24)21-8-5-9-22(11-10-21)29(25,26)17-13-19-20(3)14-17/h6-7,12-14H,4-5,8-11H2,1-3H3. The lowest BCUT2D eigenvalue weighted by atomic mass is 10.2. The molecule has 3 rings (SSSR count). The Hall–Kier alpha value is -1.95. The summed E-state index contributed by atoms with van der Waals surface area (Å²) in [6.07, 6.45) is 3.16. The lowest BCUT2D eigenvalue weighted by Gasteiger charge is -2.21. The maximum Gasteiger partial charge on any atom is 0.246 e. The minimum atomic E-state index is -3.73. The van der Waals surface area contributed by atoms with Crippen LogP contribution in [0.2, 0.25) is 0 Å². The second kappa shape index (κ2) is 8.42. The fourth-order valence-corrected chi connectivity index (χ4v) is 6.29. The first-order valence-corrected chi connectivity index (χ1v) is 12.3. The zero-order valence-corrected chi connectivity index (χ0v) is 18.4. The topological polar surface area (TPSA) is 102 Å². The van der Waals surface area contributed by atoms with Crippen molar-refractivity contribution in [2.24, 2.45) is 7.05 Å². The number of hydrogen-bond acceptors (Lipinski definition) is 6. The highest BCUT2D eigenvalue weighted by Gasteiger charge is 2.32. The van der Waals surface area contributed by atoms with Gasteiger partial charge < -0.3 is 4.74 Å². The van der Waals surface area contributed by atoms with Crippen molar-refractivity contribution in [2.45, 2.75) is 30.1 Å². The molecule has 1 saturated heterocycles. The van der Waals surface area contributed by atoms with Crippen molar-refractivity contribution in [3.8, 4) is 5.75 Å². The van der Waals surface area contributed by atoms with Crippen LogP contribution < -0.4 is 4.74 Å². The molecule has 160 valence electrons. The SMILES string of the molecule is CCOc1ccc(S(=O)(=O)N2CCCN(S(=O)(=O)c3cnn(C)c3)CC2)cc1C. The summed E-state index contributed by atoms with van der Waals surface area (Å²) in [6, 6.07) is 4.78. The van der Waals surface area contributed by atoms with Crippen LogP contribution in [0.4, 0.5) is 0 Å². The van der Waals surface area contributed by atoms with Crippen LogP contribution in [0.15, 0.2) is 40.4 Å². The van der Waals surface area contributed by atoms with E-state index < -0.39 is 20.0 Å². The molecular weight excluding hydrogens is 416 g/mol. The molecule has 2 heterocycles. The van der Waals surface area contributed by atoms with Crippen LogP contribution in [0, 0.1) is 6.92 Å². The number of aromatic nitrogens is 2. The zero-order chi connectivity index (χ0) is 21.2. The van der Waals surface area contributed by atoms with Gasteiger partial charge in [-0.1, -0.05) is 0 Å². The molecule has 1 fully saturated rings. The van der Waals surface area contributed by atoms with Crippen LogP contribution in [0.25, 0.3) is 0 Å². The molecule has 0 saturated carbocycles. The largest absolute Gasteiger partial charge is 0.494 e. The average molecular weight is 443 g/mol. The molecular formula is C18H26N4O5S2. The van der Waals surface area contributed by atoms with Crippen LogP contribution in [0.5, 0.6) is 5.75 Å². The Bertz CT molecular complexity index is 1080. The van der Waals surface area contributed by atoms with Crippen LogP contribution in [-0.4, -0.2) is 68.0 Å². The van der Waals surface area contributed by atoms with Crippen LogP contribution in [-0.2, 0) is 27.1 Å². The van der Waals surface area contributed by atoms with Crippen molar-refractivity contribution >= 4 is 20.0 Å². The van der Waals surface area contributed by atoms with Gasteiger partial charge in [0.1, 0.15) is 10.6 Å². The molecule has 29 heavy (non-hydrogen) atoms. The molecule has 0 N–H and O–H groups in total. The van der Waals surface area contributed by atoms with Gasteiger partial charge in [-0.3, -0.25) is 4.68 Å². The zero-order valence-electron chi connectivity index (χ0n) is 16.8. The number of hydrogen-bond donors (Lipinski definition) is 0. The Morgan fingerprint density at radius 2 is 1.62 bits per heavy atom. The molecule has 1 aromatic heterocycles. The monoisotopic (exact) mass is 442 g/mol. The van der Waals surface area contributed by atoms with E-state index in [1.54, 1.807) is 26.1 Å². The molecule has 2 aromatic rings. The first-order chi connectivity index (χ1) is 13.7. The molecule has 1 aliphatic rings. The van der Waals surface area contributed by atoms with Crippen molar-refractivity contribution in [3.63, 3.8) is 0 Å². The van der Waals surface area contributed by atoms with Crippen LogP contribution in [0.3, 0.4) is 0 Å². The number of sulfonamides is 2. The van der Waals surface area contributed by atoms with Gasteiger partial charge in [0.2, 0.25) is 20.0 Å². The number of nitrogens with zero attached hydrogens (tertiary/aromatic N) is 4. The Morgan fingerprint density at radius 1 is 1.00 bits per heavy atom. The number of benzene rings is 1. The number of aryl methyl sites for hydroxylation is 2. The van der Waals surface area contributed by atoms with Gasteiger partial charge in [0.15, 0.2) is 0 Å². The maximum atomic E-state index is 13.1. The van der Waals surface area contributed by atoms with E-state index in [1.165, 1.54) is 31.8 Å². The summed E-state index contributed by atoms with van der Waals surface area (Å²) in [4.78, 5) is 0.292. The van der Waals surface area contributed by atoms with E-state index in [2.05, 4.69) is 5.10 Å². The summed E-state index contributed by atoms with van der Waals surface area (Å²) in [7, 11) is -5.79. The van der Waals surface area contributed by atoms with E-state index in [9.17, 15) is 16.8 Å². The molecule has 0 bridgehead atoms. The van der Waals surface area contributed by atoms with E-state index in [1.807, 2.05) is 6.92 Å². The molecule has 0 aliphatic carbocycles. The van der Waals surface area contributed by atoms with Crippen LogP contribution in [0.1, 0.15) is 18.9 Å². The second-order valence-electron chi connectivity index (χ2n) is 6.87. The minimum absolute atomic E-state index is 0.0898. The highest BCUT2D eigenvalue weighted by Crippen LogP contribution is 2.25. The van der Waals surface area contributed by atoms with Gasteiger partial charge in [0, 0.05) is 39.4 Å². The Morgan fingerprint density at radius 3 is 2.14 bits per heavy atom. The summed E-state index contributed by atoms with van der Waals surface area (Å²) in [6.45, 7) is 4.86. The van der Waals surface area contributed by atoms with E-state index >= 15 is 0 Å². The molecule has 0 spiro atoms. The molecule has 1 aromatic carbocycles. The number of ether oxygens (including phenoxy) is 1. The average Bonchev–Trinajstić information content (AvgIpc) is 2.95. The summed E-state index contributed by atoms with van der Waals surface area (Å²) >= 11 is 0. The molecule has 0 unspecified atom stereocenters. The van der Waals surface area contributed by atoms with Gasteiger partial charge in [-0.2, -0.15) is 13.7 Å². The van der Waals surface area contributed by atoms with Crippen molar-refractivity contribution in [1.82, 2.24) is 18.4 Å². The Balaban J connectivity index is 1.79. The van der Waals surface area contributed by atoms with Gasteiger partial charge >= 0.3 is 0 Å². The highest BCUT2D eigenvalue weighted by molar-refractivity contribution is 7.89. The Labute approximate surface area is 172 Å². The summed E-state index contributed by atoms with van der Waals surface area (Å²) in [5.74, 6) is 0.649. The quantitative estimate of drug-likeness (QED) is 0.666. The third kappa shape index (κ3) is 4.47. The van der Waals surface area contributed by atoms with Crippen LogP contribution >= 0.6 is 0 Å². The molecule has 0 amide bonds.